The number of piperidine rings is 1. The Balaban J connectivity index is 1.71. The number of hydrogen-bond acceptors (Lipinski definition) is 9. The zero-order valence-corrected chi connectivity index (χ0v) is 11.9. The molecule has 3 rings (SSSR count). The Bertz CT molecular complexity index is 607. The summed E-state index contributed by atoms with van der Waals surface area (Å²) in [5.41, 5.74) is 5.76. The van der Waals surface area contributed by atoms with Gasteiger partial charge in [0.15, 0.2) is 5.82 Å². The van der Waals surface area contributed by atoms with Crippen LogP contribution in [0.3, 0.4) is 0 Å². The minimum atomic E-state index is 0.204. The molecule has 3 heterocycles. The van der Waals surface area contributed by atoms with E-state index in [0.717, 1.165) is 25.9 Å². The maximum atomic E-state index is 5.76. The highest BCUT2D eigenvalue weighted by Crippen LogP contribution is 2.17. The van der Waals surface area contributed by atoms with Gasteiger partial charge in [0, 0.05) is 13.1 Å². The van der Waals surface area contributed by atoms with Gasteiger partial charge in [-0.05, 0) is 26.2 Å². The van der Waals surface area contributed by atoms with E-state index in [9.17, 15) is 0 Å². The maximum absolute atomic E-state index is 5.76. The van der Waals surface area contributed by atoms with Gasteiger partial charge in [0.25, 0.3) is 0 Å². The van der Waals surface area contributed by atoms with Crippen molar-refractivity contribution in [1.82, 2.24) is 25.1 Å². The average Bonchev–Trinajstić information content (AvgIpc) is 2.91. The predicted octanol–water partition coefficient (Wildman–Crippen LogP) is 0.748. The molecular weight excluding hydrogens is 272 g/mol. The first-order valence-corrected chi connectivity index (χ1v) is 7.00. The quantitative estimate of drug-likeness (QED) is 0.840. The Morgan fingerprint density at radius 2 is 1.95 bits per heavy atom. The topological polar surface area (TPSA) is 119 Å². The molecule has 1 aliphatic heterocycles. The Morgan fingerprint density at radius 1 is 1.14 bits per heavy atom. The van der Waals surface area contributed by atoms with Gasteiger partial charge in [0.2, 0.25) is 23.7 Å². The van der Waals surface area contributed by atoms with Gasteiger partial charge in [-0.25, -0.2) is 0 Å². The zero-order valence-electron chi connectivity index (χ0n) is 11.9. The first-order valence-electron chi connectivity index (χ1n) is 7.00. The molecule has 0 spiro atoms. The molecule has 0 saturated carbocycles. The Kier molecular flexibility index (Phi) is 3.80. The smallest absolute Gasteiger partial charge is 0.246 e. The van der Waals surface area contributed by atoms with Crippen LogP contribution in [-0.2, 0) is 6.54 Å². The molecule has 0 amide bonds. The molecule has 21 heavy (non-hydrogen) atoms. The highest BCUT2D eigenvalue weighted by Gasteiger charge is 2.15. The van der Waals surface area contributed by atoms with E-state index in [-0.39, 0.29) is 5.95 Å². The van der Waals surface area contributed by atoms with Crippen LogP contribution in [0.5, 0.6) is 0 Å². The fourth-order valence-electron chi connectivity index (χ4n) is 2.26. The van der Waals surface area contributed by atoms with Crippen molar-refractivity contribution in [2.45, 2.75) is 32.7 Å². The molecule has 0 atom stereocenters. The van der Waals surface area contributed by atoms with Crippen LogP contribution in [0.15, 0.2) is 4.52 Å². The molecule has 112 valence electrons. The molecule has 0 unspecified atom stereocenters. The van der Waals surface area contributed by atoms with Crippen LogP contribution in [0.25, 0.3) is 0 Å². The molecule has 9 heteroatoms. The van der Waals surface area contributed by atoms with Crippen LogP contribution in [0.1, 0.15) is 31.0 Å². The number of anilines is 3. The summed E-state index contributed by atoms with van der Waals surface area (Å²) in [6, 6.07) is 0. The van der Waals surface area contributed by atoms with Crippen molar-refractivity contribution in [1.29, 1.82) is 0 Å². The van der Waals surface area contributed by atoms with E-state index in [1.807, 2.05) is 0 Å². The van der Waals surface area contributed by atoms with E-state index in [2.05, 4.69) is 35.3 Å². The van der Waals surface area contributed by atoms with Crippen LogP contribution in [0, 0.1) is 6.92 Å². The SMILES string of the molecule is Cc1noc(CNc2nc(N)nc(N3CCCCC3)n2)n1. The summed E-state index contributed by atoms with van der Waals surface area (Å²) < 4.78 is 5.03. The van der Waals surface area contributed by atoms with E-state index < -0.39 is 0 Å². The number of hydrogen-bond donors (Lipinski definition) is 2. The summed E-state index contributed by atoms with van der Waals surface area (Å²) in [5.74, 6) is 2.31. The van der Waals surface area contributed by atoms with Gasteiger partial charge in [-0.1, -0.05) is 5.16 Å². The molecule has 0 radical (unpaired) electrons. The van der Waals surface area contributed by atoms with Crippen LogP contribution in [0.4, 0.5) is 17.8 Å². The second-order valence-electron chi connectivity index (χ2n) is 4.95. The summed E-state index contributed by atoms with van der Waals surface area (Å²) in [6.07, 6.45) is 3.55. The zero-order chi connectivity index (χ0) is 14.7. The van der Waals surface area contributed by atoms with Crippen molar-refractivity contribution in [3.8, 4) is 0 Å². The standard InChI is InChI=1S/C12H18N8O/c1-8-15-9(21-19-8)7-14-11-16-10(13)17-12(18-11)20-5-3-2-4-6-20/h2-7H2,1H3,(H3,13,14,16,17,18). The number of nitrogens with one attached hydrogen (secondary N) is 1. The molecule has 9 nitrogen and oxygen atoms in total. The summed E-state index contributed by atoms with van der Waals surface area (Å²) in [4.78, 5) is 18.9. The second-order valence-corrected chi connectivity index (χ2v) is 4.95. The Labute approximate surface area is 122 Å². The fourth-order valence-corrected chi connectivity index (χ4v) is 2.26. The third kappa shape index (κ3) is 3.36. The van der Waals surface area contributed by atoms with Crippen molar-refractivity contribution in [2.24, 2.45) is 0 Å². The van der Waals surface area contributed by atoms with E-state index in [4.69, 9.17) is 10.3 Å². The lowest BCUT2D eigenvalue weighted by Gasteiger charge is -2.26. The van der Waals surface area contributed by atoms with E-state index in [1.54, 1.807) is 6.92 Å². The highest BCUT2D eigenvalue weighted by molar-refractivity contribution is 5.42. The minimum absolute atomic E-state index is 0.204. The second kappa shape index (κ2) is 5.90. The number of aromatic nitrogens is 5. The lowest BCUT2D eigenvalue weighted by molar-refractivity contribution is 0.379. The van der Waals surface area contributed by atoms with Gasteiger partial charge in [0.05, 0.1) is 6.54 Å². The van der Waals surface area contributed by atoms with Crippen molar-refractivity contribution < 1.29 is 4.52 Å². The van der Waals surface area contributed by atoms with Crippen molar-refractivity contribution in [3.05, 3.63) is 11.7 Å². The van der Waals surface area contributed by atoms with Crippen molar-refractivity contribution in [2.75, 3.05) is 29.0 Å². The van der Waals surface area contributed by atoms with Gasteiger partial charge >= 0.3 is 0 Å². The molecule has 1 saturated heterocycles. The summed E-state index contributed by atoms with van der Waals surface area (Å²) in [7, 11) is 0. The average molecular weight is 290 g/mol. The van der Waals surface area contributed by atoms with Gasteiger partial charge in [-0.3, -0.25) is 0 Å². The predicted molar refractivity (Wildman–Crippen MR) is 76.7 cm³/mol. The van der Waals surface area contributed by atoms with Crippen LogP contribution in [-0.4, -0.2) is 38.2 Å². The number of rotatable bonds is 4. The molecule has 0 aromatic carbocycles. The van der Waals surface area contributed by atoms with Crippen LogP contribution in [0.2, 0.25) is 0 Å². The maximum Gasteiger partial charge on any atom is 0.246 e. The first kappa shape index (κ1) is 13.5. The number of aryl methyl sites for hydroxylation is 1. The number of nitrogens with two attached hydrogens (primary N) is 1. The third-order valence-corrected chi connectivity index (χ3v) is 3.25. The number of nitrogen functional groups attached to an aromatic ring is 1. The Hall–Kier alpha value is -2.45. The van der Waals surface area contributed by atoms with E-state index in [1.165, 1.54) is 6.42 Å². The molecular formula is C12H18N8O. The lowest BCUT2D eigenvalue weighted by Crippen LogP contribution is -2.31. The fraction of sp³-hybridized carbons (Fsp3) is 0.583. The van der Waals surface area contributed by atoms with Crippen LogP contribution < -0.4 is 16.0 Å². The molecule has 0 aliphatic carbocycles. The van der Waals surface area contributed by atoms with E-state index in [0.29, 0.717) is 30.2 Å². The van der Waals surface area contributed by atoms with Crippen LogP contribution >= 0.6 is 0 Å². The molecule has 3 N–H and O–H groups in total. The number of nitrogens with zero attached hydrogens (tertiary/aromatic N) is 6. The van der Waals surface area contributed by atoms with E-state index >= 15 is 0 Å². The van der Waals surface area contributed by atoms with Crippen molar-refractivity contribution in [3.63, 3.8) is 0 Å². The summed E-state index contributed by atoms with van der Waals surface area (Å²) in [6.45, 7) is 4.02. The van der Waals surface area contributed by atoms with Crippen molar-refractivity contribution >= 4 is 17.8 Å². The lowest BCUT2D eigenvalue weighted by atomic mass is 10.1. The first-order chi connectivity index (χ1) is 10.2. The largest absolute Gasteiger partial charge is 0.368 e. The van der Waals surface area contributed by atoms with Gasteiger partial charge in [-0.2, -0.15) is 19.9 Å². The molecule has 1 fully saturated rings. The third-order valence-electron chi connectivity index (χ3n) is 3.25. The normalized spacial score (nSPS) is 15.2. The highest BCUT2D eigenvalue weighted by atomic mass is 16.5. The molecule has 2 aromatic heterocycles. The monoisotopic (exact) mass is 290 g/mol. The molecule has 0 bridgehead atoms. The molecule has 1 aliphatic rings. The molecule has 2 aromatic rings. The Morgan fingerprint density at radius 3 is 2.67 bits per heavy atom. The summed E-state index contributed by atoms with van der Waals surface area (Å²) >= 11 is 0. The van der Waals surface area contributed by atoms with Gasteiger partial charge < -0.3 is 20.5 Å². The van der Waals surface area contributed by atoms with Gasteiger partial charge in [-0.15, -0.1) is 0 Å². The minimum Gasteiger partial charge on any atom is -0.368 e. The van der Waals surface area contributed by atoms with Gasteiger partial charge in [0.1, 0.15) is 0 Å². The summed E-state index contributed by atoms with van der Waals surface area (Å²) in [5, 5.41) is 6.75.